The second-order valence-electron chi connectivity index (χ2n) is 6.36. The Balaban J connectivity index is 1.78. The minimum atomic E-state index is 0.681. The van der Waals surface area contributed by atoms with Crippen LogP contribution >= 0.6 is 0 Å². The molecule has 2 rings (SSSR count). The smallest absolute Gasteiger partial charge is 0.191 e. The maximum atomic E-state index is 5.43. The monoisotopic (exact) mass is 371 g/mol. The van der Waals surface area contributed by atoms with E-state index >= 15 is 0 Å². The van der Waals surface area contributed by atoms with Gasteiger partial charge in [0.25, 0.3) is 0 Å². The number of nitrogens with zero attached hydrogens (tertiary/aromatic N) is 3. The summed E-state index contributed by atoms with van der Waals surface area (Å²) in [5.41, 5.74) is 3.45. The van der Waals surface area contributed by atoms with Crippen LogP contribution in [0, 0.1) is 0 Å². The number of aryl methyl sites for hydroxylation is 2. The first-order valence-corrected chi connectivity index (χ1v) is 9.94. The molecule has 0 aliphatic rings. The number of benzene rings is 1. The minimum Gasteiger partial charge on any atom is -0.372 e. The van der Waals surface area contributed by atoms with Gasteiger partial charge in [-0.05, 0) is 31.9 Å². The highest BCUT2D eigenvalue weighted by Gasteiger charge is 2.13. The molecular formula is C21H33N5O. The van der Waals surface area contributed by atoms with Gasteiger partial charge in [0, 0.05) is 50.9 Å². The van der Waals surface area contributed by atoms with E-state index < -0.39 is 0 Å². The Kier molecular flexibility index (Phi) is 8.68. The van der Waals surface area contributed by atoms with Crippen LogP contribution in [0.5, 0.6) is 0 Å². The molecule has 0 atom stereocenters. The number of para-hydroxylation sites is 1. The number of hydrogen-bond acceptors (Lipinski definition) is 4. The average molecular weight is 372 g/mol. The van der Waals surface area contributed by atoms with E-state index in [1.807, 2.05) is 0 Å². The second-order valence-corrected chi connectivity index (χ2v) is 6.36. The summed E-state index contributed by atoms with van der Waals surface area (Å²) < 4.78 is 5.43. The summed E-state index contributed by atoms with van der Waals surface area (Å²) >= 11 is 0. The Morgan fingerprint density at radius 1 is 1.11 bits per heavy atom. The van der Waals surface area contributed by atoms with Crippen LogP contribution in [-0.2, 0) is 19.4 Å². The van der Waals surface area contributed by atoms with Crippen LogP contribution < -0.4 is 15.5 Å². The van der Waals surface area contributed by atoms with E-state index in [1.165, 1.54) is 5.69 Å². The van der Waals surface area contributed by atoms with Gasteiger partial charge in [-0.3, -0.25) is 4.99 Å². The second kappa shape index (κ2) is 11.3. The van der Waals surface area contributed by atoms with E-state index in [9.17, 15) is 0 Å². The van der Waals surface area contributed by atoms with Crippen molar-refractivity contribution < 1.29 is 4.52 Å². The zero-order valence-corrected chi connectivity index (χ0v) is 17.1. The Bertz CT molecular complexity index is 674. The molecule has 2 N–H and O–H groups in total. The maximum absolute atomic E-state index is 5.43. The third-order valence-corrected chi connectivity index (χ3v) is 4.66. The number of nitrogens with one attached hydrogen (secondary N) is 2. The third-order valence-electron chi connectivity index (χ3n) is 4.66. The summed E-state index contributed by atoms with van der Waals surface area (Å²) in [6.07, 6.45) is 2.76. The standard InChI is InChI=1S/C21H33N5O/c1-5-19-18(20(6-2)27-25-19)16-24-21(22-4)23-14-11-15-26(7-3)17-12-9-8-10-13-17/h8-10,12-13H,5-7,11,14-16H2,1-4H3,(H2,22,23,24). The van der Waals surface area contributed by atoms with Crippen LogP contribution in [0.2, 0.25) is 0 Å². The highest BCUT2D eigenvalue weighted by atomic mass is 16.5. The molecule has 0 fully saturated rings. The lowest BCUT2D eigenvalue weighted by Gasteiger charge is -2.23. The van der Waals surface area contributed by atoms with Crippen molar-refractivity contribution in [1.82, 2.24) is 15.8 Å². The lowest BCUT2D eigenvalue weighted by Crippen LogP contribution is -2.38. The lowest BCUT2D eigenvalue weighted by molar-refractivity contribution is 0.380. The van der Waals surface area contributed by atoms with Crippen LogP contribution in [0.25, 0.3) is 0 Å². The molecule has 0 aliphatic heterocycles. The Morgan fingerprint density at radius 2 is 1.89 bits per heavy atom. The van der Waals surface area contributed by atoms with Crippen molar-refractivity contribution in [1.29, 1.82) is 0 Å². The quantitative estimate of drug-likeness (QED) is 0.381. The fraction of sp³-hybridized carbons (Fsp3) is 0.524. The lowest BCUT2D eigenvalue weighted by atomic mass is 10.1. The van der Waals surface area contributed by atoms with Crippen molar-refractivity contribution in [3.8, 4) is 0 Å². The molecule has 6 heteroatoms. The Morgan fingerprint density at radius 3 is 2.52 bits per heavy atom. The van der Waals surface area contributed by atoms with E-state index in [0.717, 1.165) is 61.9 Å². The minimum absolute atomic E-state index is 0.681. The first-order valence-electron chi connectivity index (χ1n) is 9.94. The van der Waals surface area contributed by atoms with E-state index in [4.69, 9.17) is 4.52 Å². The van der Waals surface area contributed by atoms with Gasteiger partial charge in [-0.15, -0.1) is 0 Å². The predicted molar refractivity (Wildman–Crippen MR) is 112 cm³/mol. The molecule has 6 nitrogen and oxygen atoms in total. The van der Waals surface area contributed by atoms with E-state index in [-0.39, 0.29) is 0 Å². The van der Waals surface area contributed by atoms with Crippen LogP contribution in [0.4, 0.5) is 5.69 Å². The van der Waals surface area contributed by atoms with Gasteiger partial charge in [0.2, 0.25) is 0 Å². The summed E-state index contributed by atoms with van der Waals surface area (Å²) in [5.74, 6) is 1.76. The molecule has 1 aromatic carbocycles. The molecule has 0 saturated carbocycles. The molecular weight excluding hydrogens is 338 g/mol. The van der Waals surface area contributed by atoms with Crippen molar-refractivity contribution >= 4 is 11.6 Å². The molecule has 27 heavy (non-hydrogen) atoms. The topological polar surface area (TPSA) is 65.7 Å². The van der Waals surface area contributed by atoms with Crippen LogP contribution in [0.15, 0.2) is 39.8 Å². The van der Waals surface area contributed by atoms with E-state index in [1.54, 1.807) is 7.05 Å². The summed E-state index contributed by atoms with van der Waals surface area (Å²) in [7, 11) is 1.80. The SMILES string of the molecule is CCc1noc(CC)c1CNC(=NC)NCCCN(CC)c1ccccc1. The van der Waals surface area contributed by atoms with Gasteiger partial charge in [-0.2, -0.15) is 0 Å². The highest BCUT2D eigenvalue weighted by molar-refractivity contribution is 5.79. The third kappa shape index (κ3) is 6.01. The van der Waals surface area contributed by atoms with Crippen molar-refractivity contribution in [2.45, 2.75) is 46.6 Å². The number of anilines is 1. The molecule has 0 aliphatic carbocycles. The van der Waals surface area contributed by atoms with Gasteiger partial charge in [0.05, 0.1) is 5.69 Å². The van der Waals surface area contributed by atoms with Crippen molar-refractivity contribution in [2.24, 2.45) is 4.99 Å². The van der Waals surface area contributed by atoms with Crippen LogP contribution in [0.1, 0.15) is 44.2 Å². The van der Waals surface area contributed by atoms with Crippen LogP contribution in [-0.4, -0.2) is 37.8 Å². The van der Waals surface area contributed by atoms with Gasteiger partial charge >= 0.3 is 0 Å². The molecule has 0 radical (unpaired) electrons. The van der Waals surface area contributed by atoms with Crippen molar-refractivity contribution in [3.05, 3.63) is 47.3 Å². The first kappa shape index (κ1) is 20.8. The molecule has 0 saturated heterocycles. The van der Waals surface area contributed by atoms with E-state index in [2.05, 4.69) is 76.8 Å². The zero-order chi connectivity index (χ0) is 19.5. The van der Waals surface area contributed by atoms with Gasteiger partial charge in [-0.1, -0.05) is 37.2 Å². The normalized spacial score (nSPS) is 11.5. The van der Waals surface area contributed by atoms with Gasteiger partial charge in [0.1, 0.15) is 5.76 Å². The summed E-state index contributed by atoms with van der Waals surface area (Å²) in [4.78, 5) is 6.71. The van der Waals surface area contributed by atoms with Gasteiger partial charge < -0.3 is 20.1 Å². The largest absolute Gasteiger partial charge is 0.372 e. The highest BCUT2D eigenvalue weighted by Crippen LogP contribution is 2.15. The zero-order valence-electron chi connectivity index (χ0n) is 17.1. The summed E-state index contributed by atoms with van der Waals surface area (Å²) in [5, 5.41) is 10.9. The number of aliphatic imine (C=N–C) groups is 1. The number of aromatic nitrogens is 1. The molecule has 0 unspecified atom stereocenters. The Hall–Kier alpha value is -2.50. The Labute approximate surface area is 163 Å². The fourth-order valence-corrected chi connectivity index (χ4v) is 3.12. The number of guanidine groups is 1. The van der Waals surface area contributed by atoms with Crippen LogP contribution in [0.3, 0.4) is 0 Å². The van der Waals surface area contributed by atoms with Crippen molar-refractivity contribution in [3.63, 3.8) is 0 Å². The molecule has 1 aromatic heterocycles. The fourth-order valence-electron chi connectivity index (χ4n) is 3.12. The average Bonchev–Trinajstić information content (AvgIpc) is 3.12. The molecule has 0 amide bonds. The predicted octanol–water partition coefficient (Wildman–Crippen LogP) is 3.38. The van der Waals surface area contributed by atoms with Gasteiger partial charge in [-0.25, -0.2) is 0 Å². The van der Waals surface area contributed by atoms with Crippen molar-refractivity contribution in [2.75, 3.05) is 31.6 Å². The number of hydrogen-bond donors (Lipinski definition) is 2. The molecule has 2 aromatic rings. The maximum Gasteiger partial charge on any atom is 0.191 e. The number of rotatable bonds is 10. The molecule has 0 spiro atoms. The van der Waals surface area contributed by atoms with E-state index in [0.29, 0.717) is 6.54 Å². The first-order chi connectivity index (χ1) is 13.2. The molecule has 148 valence electrons. The molecule has 1 heterocycles. The summed E-state index contributed by atoms with van der Waals surface area (Å²) in [6, 6.07) is 10.5. The molecule has 0 bridgehead atoms. The van der Waals surface area contributed by atoms with Gasteiger partial charge in [0.15, 0.2) is 5.96 Å². The summed E-state index contributed by atoms with van der Waals surface area (Å²) in [6.45, 7) is 9.94.